The van der Waals surface area contributed by atoms with Crippen LogP contribution in [0.25, 0.3) is 6.08 Å². The molecule has 0 radical (unpaired) electrons. The highest BCUT2D eigenvalue weighted by atomic mass is 16.1. The molecule has 0 heterocycles. The lowest BCUT2D eigenvalue weighted by atomic mass is 10.1. The van der Waals surface area contributed by atoms with Crippen LogP contribution in [0.4, 0.5) is 5.69 Å². The standard InChI is InChI=1S/C17H15NO2/c1-13(19)18-16-10-8-15(9-11-16)17(20)12-7-14-5-3-2-4-6-14/h2-12H,1H3,(H,18,19). The average molecular weight is 265 g/mol. The van der Waals surface area contributed by atoms with Crippen molar-refractivity contribution in [2.75, 3.05) is 5.32 Å². The Morgan fingerprint density at radius 2 is 1.60 bits per heavy atom. The Balaban J connectivity index is 2.06. The van der Waals surface area contributed by atoms with E-state index in [1.165, 1.54) is 6.92 Å². The van der Waals surface area contributed by atoms with Gasteiger partial charge in [-0.2, -0.15) is 0 Å². The Bertz CT molecular complexity index is 628. The fourth-order valence-electron chi connectivity index (χ4n) is 1.75. The largest absolute Gasteiger partial charge is 0.326 e. The lowest BCUT2D eigenvalue weighted by Gasteiger charge is -2.02. The van der Waals surface area contributed by atoms with E-state index in [0.717, 1.165) is 5.56 Å². The summed E-state index contributed by atoms with van der Waals surface area (Å²) in [6, 6.07) is 16.5. The molecular formula is C17H15NO2. The first-order valence-electron chi connectivity index (χ1n) is 6.30. The maximum Gasteiger partial charge on any atom is 0.221 e. The lowest BCUT2D eigenvalue weighted by Crippen LogP contribution is -2.05. The summed E-state index contributed by atoms with van der Waals surface area (Å²) in [6.45, 7) is 1.45. The molecule has 0 spiro atoms. The second kappa shape index (κ2) is 6.48. The molecule has 2 aromatic carbocycles. The molecule has 3 heteroatoms. The van der Waals surface area contributed by atoms with Gasteiger partial charge in [0.15, 0.2) is 5.78 Å². The predicted molar refractivity (Wildman–Crippen MR) is 80.6 cm³/mol. The van der Waals surface area contributed by atoms with Gasteiger partial charge < -0.3 is 5.32 Å². The van der Waals surface area contributed by atoms with Crippen molar-refractivity contribution in [2.45, 2.75) is 6.92 Å². The summed E-state index contributed by atoms with van der Waals surface area (Å²) in [6.07, 6.45) is 3.33. The van der Waals surface area contributed by atoms with Crippen LogP contribution in [-0.2, 0) is 4.79 Å². The van der Waals surface area contributed by atoms with Crippen LogP contribution in [0.5, 0.6) is 0 Å². The zero-order valence-electron chi connectivity index (χ0n) is 11.2. The Kier molecular flexibility index (Phi) is 4.45. The summed E-state index contributed by atoms with van der Waals surface area (Å²) >= 11 is 0. The van der Waals surface area contributed by atoms with Gasteiger partial charge in [0.2, 0.25) is 5.91 Å². The van der Waals surface area contributed by atoms with Gasteiger partial charge in [0.05, 0.1) is 0 Å². The minimum absolute atomic E-state index is 0.0665. The van der Waals surface area contributed by atoms with Crippen LogP contribution in [0.2, 0.25) is 0 Å². The first kappa shape index (κ1) is 13.7. The predicted octanol–water partition coefficient (Wildman–Crippen LogP) is 3.54. The van der Waals surface area contributed by atoms with Gasteiger partial charge in [0.1, 0.15) is 0 Å². The summed E-state index contributed by atoms with van der Waals surface area (Å²) in [4.78, 5) is 22.9. The van der Waals surface area contributed by atoms with E-state index in [1.807, 2.05) is 30.3 Å². The van der Waals surface area contributed by atoms with Gasteiger partial charge in [-0.15, -0.1) is 0 Å². The fraction of sp³-hybridized carbons (Fsp3) is 0.0588. The number of rotatable bonds is 4. The van der Waals surface area contributed by atoms with E-state index >= 15 is 0 Å². The number of benzene rings is 2. The minimum Gasteiger partial charge on any atom is -0.326 e. The van der Waals surface area contributed by atoms with Gasteiger partial charge in [-0.3, -0.25) is 9.59 Å². The number of nitrogens with one attached hydrogen (secondary N) is 1. The molecule has 100 valence electrons. The van der Waals surface area contributed by atoms with Gasteiger partial charge in [0.25, 0.3) is 0 Å². The maximum atomic E-state index is 12.0. The van der Waals surface area contributed by atoms with Gasteiger partial charge in [0, 0.05) is 18.2 Å². The molecule has 0 aliphatic heterocycles. The van der Waals surface area contributed by atoms with E-state index in [2.05, 4.69) is 5.32 Å². The molecule has 0 fully saturated rings. The molecule has 0 unspecified atom stereocenters. The third-order valence-electron chi connectivity index (χ3n) is 2.72. The average Bonchev–Trinajstić information content (AvgIpc) is 2.46. The number of hydrogen-bond acceptors (Lipinski definition) is 2. The number of allylic oxidation sites excluding steroid dienone is 1. The van der Waals surface area contributed by atoms with Gasteiger partial charge in [-0.05, 0) is 35.9 Å². The monoisotopic (exact) mass is 265 g/mol. The van der Waals surface area contributed by atoms with E-state index in [0.29, 0.717) is 11.3 Å². The Labute approximate surface area is 117 Å². The van der Waals surface area contributed by atoms with Crippen molar-refractivity contribution < 1.29 is 9.59 Å². The molecular weight excluding hydrogens is 250 g/mol. The van der Waals surface area contributed by atoms with Gasteiger partial charge in [-0.1, -0.05) is 36.4 Å². The van der Waals surface area contributed by atoms with Crippen molar-refractivity contribution in [3.8, 4) is 0 Å². The van der Waals surface area contributed by atoms with Crippen LogP contribution in [0.1, 0.15) is 22.8 Å². The smallest absolute Gasteiger partial charge is 0.221 e. The van der Waals surface area contributed by atoms with Crippen LogP contribution < -0.4 is 5.32 Å². The third kappa shape index (κ3) is 3.92. The molecule has 3 nitrogen and oxygen atoms in total. The van der Waals surface area contributed by atoms with E-state index in [-0.39, 0.29) is 11.7 Å². The molecule has 0 saturated carbocycles. The third-order valence-corrected chi connectivity index (χ3v) is 2.72. The maximum absolute atomic E-state index is 12.0. The molecule has 0 aliphatic rings. The van der Waals surface area contributed by atoms with Crippen molar-refractivity contribution in [2.24, 2.45) is 0 Å². The number of anilines is 1. The summed E-state index contributed by atoms with van der Waals surface area (Å²) in [5.74, 6) is -0.198. The second-order valence-corrected chi connectivity index (χ2v) is 4.37. The number of amides is 1. The number of ketones is 1. The van der Waals surface area contributed by atoms with Crippen LogP contribution >= 0.6 is 0 Å². The summed E-state index contributed by atoms with van der Waals surface area (Å²) in [7, 11) is 0. The normalized spacial score (nSPS) is 10.4. The molecule has 0 saturated heterocycles. The molecule has 2 aromatic rings. The van der Waals surface area contributed by atoms with Crippen LogP contribution in [-0.4, -0.2) is 11.7 Å². The van der Waals surface area contributed by atoms with Gasteiger partial charge >= 0.3 is 0 Å². The number of hydrogen-bond donors (Lipinski definition) is 1. The Morgan fingerprint density at radius 3 is 2.20 bits per heavy atom. The highest BCUT2D eigenvalue weighted by Crippen LogP contribution is 2.11. The van der Waals surface area contributed by atoms with Crippen molar-refractivity contribution >= 4 is 23.5 Å². The fourth-order valence-corrected chi connectivity index (χ4v) is 1.75. The van der Waals surface area contributed by atoms with Crippen molar-refractivity contribution in [1.29, 1.82) is 0 Å². The second-order valence-electron chi connectivity index (χ2n) is 4.37. The molecule has 1 amide bonds. The summed E-state index contributed by atoms with van der Waals surface area (Å²) < 4.78 is 0. The highest BCUT2D eigenvalue weighted by Gasteiger charge is 2.02. The van der Waals surface area contributed by atoms with Gasteiger partial charge in [-0.25, -0.2) is 0 Å². The highest BCUT2D eigenvalue weighted by molar-refractivity contribution is 6.07. The van der Waals surface area contributed by atoms with E-state index in [1.54, 1.807) is 36.4 Å². The molecule has 0 bridgehead atoms. The quantitative estimate of drug-likeness (QED) is 0.679. The first-order valence-corrected chi connectivity index (χ1v) is 6.30. The zero-order chi connectivity index (χ0) is 14.4. The zero-order valence-corrected chi connectivity index (χ0v) is 11.2. The number of carbonyl (C=O) groups is 2. The van der Waals surface area contributed by atoms with E-state index in [9.17, 15) is 9.59 Å². The van der Waals surface area contributed by atoms with Crippen LogP contribution in [0.3, 0.4) is 0 Å². The first-order chi connectivity index (χ1) is 9.65. The lowest BCUT2D eigenvalue weighted by molar-refractivity contribution is -0.114. The van der Waals surface area contributed by atoms with Crippen molar-refractivity contribution in [3.63, 3.8) is 0 Å². The molecule has 0 aromatic heterocycles. The molecule has 0 aliphatic carbocycles. The van der Waals surface area contributed by atoms with Crippen LogP contribution in [0, 0.1) is 0 Å². The summed E-state index contributed by atoms with van der Waals surface area (Å²) in [5.41, 5.74) is 2.25. The van der Waals surface area contributed by atoms with E-state index in [4.69, 9.17) is 0 Å². The molecule has 1 N–H and O–H groups in total. The summed E-state index contributed by atoms with van der Waals surface area (Å²) in [5, 5.41) is 2.66. The van der Waals surface area contributed by atoms with Crippen molar-refractivity contribution in [1.82, 2.24) is 0 Å². The minimum atomic E-state index is -0.131. The topological polar surface area (TPSA) is 46.2 Å². The molecule has 0 atom stereocenters. The van der Waals surface area contributed by atoms with Crippen molar-refractivity contribution in [3.05, 3.63) is 71.8 Å². The SMILES string of the molecule is CC(=O)Nc1ccc(C(=O)C=Cc2ccccc2)cc1. The van der Waals surface area contributed by atoms with Crippen LogP contribution in [0.15, 0.2) is 60.7 Å². The van der Waals surface area contributed by atoms with E-state index < -0.39 is 0 Å². The Hall–Kier alpha value is -2.68. The Morgan fingerprint density at radius 1 is 0.950 bits per heavy atom. The molecule has 20 heavy (non-hydrogen) atoms. The number of carbonyl (C=O) groups excluding carboxylic acids is 2. The molecule has 2 rings (SSSR count).